The minimum atomic E-state index is 0.721. The molecule has 1 aromatic rings. The van der Waals surface area contributed by atoms with E-state index in [1.807, 2.05) is 0 Å². The van der Waals surface area contributed by atoms with Crippen LogP contribution in [-0.4, -0.2) is 0 Å². The molecular formula is C13H17N. The number of nitrogens with one attached hydrogen (secondary N) is 1. The average Bonchev–Trinajstić information content (AvgIpc) is 2.17. The smallest absolute Gasteiger partial charge is 0.0403 e. The normalized spacial score (nSPS) is 14.6. The predicted octanol–water partition coefficient (Wildman–Crippen LogP) is 3.18. The fourth-order valence-corrected chi connectivity index (χ4v) is 1.85. The summed E-state index contributed by atoms with van der Waals surface area (Å²) in [7, 11) is 0. The second-order valence-electron chi connectivity index (χ2n) is 4.32. The van der Waals surface area contributed by atoms with Gasteiger partial charge in [0.05, 0.1) is 0 Å². The third kappa shape index (κ3) is 1.98. The van der Waals surface area contributed by atoms with Crippen LogP contribution in [0.25, 0.3) is 6.08 Å². The highest BCUT2D eigenvalue weighted by atomic mass is 14.9. The Balaban J connectivity index is 2.22. The van der Waals surface area contributed by atoms with Crippen molar-refractivity contribution in [1.82, 2.24) is 5.32 Å². The SMILES string of the molecule is CC(C)CC1=Cc2ccccc2CN1. The second-order valence-corrected chi connectivity index (χ2v) is 4.32. The van der Waals surface area contributed by atoms with Crippen molar-refractivity contribution >= 4 is 6.08 Å². The fraction of sp³-hybridized carbons (Fsp3) is 0.385. The molecule has 1 heterocycles. The van der Waals surface area contributed by atoms with E-state index in [4.69, 9.17) is 0 Å². The largest absolute Gasteiger partial charge is 0.384 e. The Morgan fingerprint density at radius 3 is 2.86 bits per heavy atom. The maximum Gasteiger partial charge on any atom is 0.0403 e. The van der Waals surface area contributed by atoms with Gasteiger partial charge in [-0.1, -0.05) is 38.1 Å². The first-order valence-corrected chi connectivity index (χ1v) is 5.28. The van der Waals surface area contributed by atoms with Crippen molar-refractivity contribution in [3.63, 3.8) is 0 Å². The Morgan fingerprint density at radius 1 is 1.29 bits per heavy atom. The summed E-state index contributed by atoms with van der Waals surface area (Å²) in [4.78, 5) is 0. The van der Waals surface area contributed by atoms with Gasteiger partial charge in [0.2, 0.25) is 0 Å². The van der Waals surface area contributed by atoms with Crippen molar-refractivity contribution in [3.05, 3.63) is 41.1 Å². The lowest BCUT2D eigenvalue weighted by molar-refractivity contribution is 0.600. The first kappa shape index (κ1) is 9.32. The van der Waals surface area contributed by atoms with Crippen LogP contribution >= 0.6 is 0 Å². The minimum absolute atomic E-state index is 0.721. The molecule has 0 aliphatic carbocycles. The molecule has 0 spiro atoms. The van der Waals surface area contributed by atoms with Gasteiger partial charge in [-0.25, -0.2) is 0 Å². The number of allylic oxidation sites excluding steroid dienone is 1. The van der Waals surface area contributed by atoms with Crippen LogP contribution in [0.15, 0.2) is 30.0 Å². The molecule has 14 heavy (non-hydrogen) atoms. The molecule has 0 saturated heterocycles. The molecule has 0 fully saturated rings. The maximum absolute atomic E-state index is 3.47. The lowest BCUT2D eigenvalue weighted by Gasteiger charge is -2.19. The van der Waals surface area contributed by atoms with Gasteiger partial charge in [-0.15, -0.1) is 0 Å². The minimum Gasteiger partial charge on any atom is -0.384 e. The Kier molecular flexibility index (Phi) is 2.58. The standard InChI is InChI=1S/C13H17N/c1-10(2)7-13-8-11-5-3-4-6-12(11)9-14-13/h3-6,8,10,14H,7,9H2,1-2H3. The summed E-state index contributed by atoms with van der Waals surface area (Å²) in [5.74, 6) is 0.721. The number of hydrogen-bond donors (Lipinski definition) is 1. The van der Waals surface area contributed by atoms with Crippen molar-refractivity contribution in [2.24, 2.45) is 5.92 Å². The van der Waals surface area contributed by atoms with Gasteiger partial charge in [0.15, 0.2) is 0 Å². The van der Waals surface area contributed by atoms with Crippen molar-refractivity contribution in [2.45, 2.75) is 26.8 Å². The molecule has 1 aliphatic heterocycles. The first-order chi connectivity index (χ1) is 6.75. The molecule has 0 atom stereocenters. The van der Waals surface area contributed by atoms with Gasteiger partial charge in [0.25, 0.3) is 0 Å². The Hall–Kier alpha value is -1.24. The van der Waals surface area contributed by atoms with E-state index in [0.29, 0.717) is 0 Å². The van der Waals surface area contributed by atoms with Gasteiger partial charge >= 0.3 is 0 Å². The molecule has 1 aliphatic rings. The Labute approximate surface area is 85.8 Å². The zero-order valence-corrected chi connectivity index (χ0v) is 8.88. The Morgan fingerprint density at radius 2 is 2.07 bits per heavy atom. The molecule has 0 unspecified atom stereocenters. The topological polar surface area (TPSA) is 12.0 Å². The van der Waals surface area contributed by atoms with Crippen LogP contribution in [0.5, 0.6) is 0 Å². The molecule has 0 saturated carbocycles. The van der Waals surface area contributed by atoms with Gasteiger partial charge in [0, 0.05) is 12.2 Å². The molecule has 0 bridgehead atoms. The molecule has 1 nitrogen and oxygen atoms in total. The van der Waals surface area contributed by atoms with Crippen molar-refractivity contribution < 1.29 is 0 Å². The summed E-state index contributed by atoms with van der Waals surface area (Å²) in [6.45, 7) is 5.49. The quantitative estimate of drug-likeness (QED) is 0.749. The van der Waals surface area contributed by atoms with Crippen molar-refractivity contribution in [1.29, 1.82) is 0 Å². The Bertz CT molecular complexity index is 350. The summed E-state index contributed by atoms with van der Waals surface area (Å²) in [5.41, 5.74) is 4.15. The molecule has 1 aromatic carbocycles. The van der Waals surface area contributed by atoms with E-state index < -0.39 is 0 Å². The average molecular weight is 187 g/mol. The zero-order chi connectivity index (χ0) is 9.97. The van der Waals surface area contributed by atoms with Crippen LogP contribution in [0.1, 0.15) is 31.4 Å². The second kappa shape index (κ2) is 3.87. The highest BCUT2D eigenvalue weighted by molar-refractivity contribution is 5.58. The van der Waals surface area contributed by atoms with E-state index in [-0.39, 0.29) is 0 Å². The van der Waals surface area contributed by atoms with Gasteiger partial charge in [-0.05, 0) is 29.5 Å². The van der Waals surface area contributed by atoms with Gasteiger partial charge < -0.3 is 5.32 Å². The van der Waals surface area contributed by atoms with Crippen molar-refractivity contribution in [2.75, 3.05) is 0 Å². The molecule has 0 radical (unpaired) electrons. The molecule has 74 valence electrons. The number of hydrogen-bond acceptors (Lipinski definition) is 1. The lowest BCUT2D eigenvalue weighted by Crippen LogP contribution is -2.18. The first-order valence-electron chi connectivity index (χ1n) is 5.28. The lowest BCUT2D eigenvalue weighted by atomic mass is 9.99. The van der Waals surface area contributed by atoms with E-state index >= 15 is 0 Å². The van der Waals surface area contributed by atoms with E-state index in [1.54, 1.807) is 0 Å². The molecule has 2 rings (SSSR count). The van der Waals surface area contributed by atoms with Gasteiger partial charge in [0.1, 0.15) is 0 Å². The van der Waals surface area contributed by atoms with E-state index in [0.717, 1.165) is 18.9 Å². The molecule has 0 amide bonds. The van der Waals surface area contributed by atoms with Crippen LogP contribution < -0.4 is 5.32 Å². The van der Waals surface area contributed by atoms with E-state index in [2.05, 4.69) is 49.5 Å². The zero-order valence-electron chi connectivity index (χ0n) is 8.88. The van der Waals surface area contributed by atoms with E-state index in [1.165, 1.54) is 16.8 Å². The maximum atomic E-state index is 3.47. The summed E-state index contributed by atoms with van der Waals surface area (Å²) in [6, 6.07) is 8.58. The molecule has 0 aromatic heterocycles. The molecular weight excluding hydrogens is 170 g/mol. The monoisotopic (exact) mass is 187 g/mol. The van der Waals surface area contributed by atoms with Crippen LogP contribution in [0, 0.1) is 5.92 Å². The molecule has 1 heteroatoms. The summed E-state index contributed by atoms with van der Waals surface area (Å²) < 4.78 is 0. The van der Waals surface area contributed by atoms with Crippen LogP contribution in [0.4, 0.5) is 0 Å². The predicted molar refractivity (Wildman–Crippen MR) is 60.7 cm³/mol. The number of benzene rings is 1. The number of rotatable bonds is 2. The molecule has 1 N–H and O–H groups in total. The van der Waals surface area contributed by atoms with E-state index in [9.17, 15) is 0 Å². The summed E-state index contributed by atoms with van der Waals surface area (Å²) in [6.07, 6.45) is 3.42. The van der Waals surface area contributed by atoms with Gasteiger partial charge in [-0.2, -0.15) is 0 Å². The highest BCUT2D eigenvalue weighted by Crippen LogP contribution is 2.20. The van der Waals surface area contributed by atoms with Gasteiger partial charge in [-0.3, -0.25) is 0 Å². The summed E-state index contributed by atoms with van der Waals surface area (Å²) in [5, 5.41) is 3.47. The van der Waals surface area contributed by atoms with Crippen molar-refractivity contribution in [3.8, 4) is 0 Å². The third-order valence-electron chi connectivity index (χ3n) is 2.52. The third-order valence-corrected chi connectivity index (χ3v) is 2.52. The van der Waals surface area contributed by atoms with Crippen LogP contribution in [0.3, 0.4) is 0 Å². The van der Waals surface area contributed by atoms with Crippen LogP contribution in [0.2, 0.25) is 0 Å². The fourth-order valence-electron chi connectivity index (χ4n) is 1.85. The van der Waals surface area contributed by atoms with Crippen LogP contribution in [-0.2, 0) is 6.54 Å². The highest BCUT2D eigenvalue weighted by Gasteiger charge is 2.09. The summed E-state index contributed by atoms with van der Waals surface area (Å²) >= 11 is 0. The number of fused-ring (bicyclic) bond motifs is 1.